The third kappa shape index (κ3) is 6.16. The fourth-order valence-electron chi connectivity index (χ4n) is 4.58. The summed E-state index contributed by atoms with van der Waals surface area (Å²) in [6.07, 6.45) is 4.74. The summed E-state index contributed by atoms with van der Waals surface area (Å²) < 4.78 is 11.3. The number of fused-ring (bicyclic) bond motifs is 1. The lowest BCUT2D eigenvalue weighted by atomic mass is 9.93. The van der Waals surface area contributed by atoms with Crippen LogP contribution in [0.1, 0.15) is 66.5 Å². The van der Waals surface area contributed by atoms with Gasteiger partial charge in [0.05, 0.1) is 11.7 Å². The van der Waals surface area contributed by atoms with Crippen LogP contribution in [0, 0.1) is 11.3 Å². The van der Waals surface area contributed by atoms with Crippen LogP contribution in [-0.2, 0) is 27.1 Å². The molecule has 3 atom stereocenters. The van der Waals surface area contributed by atoms with Gasteiger partial charge in [-0.15, -0.1) is 11.3 Å². The molecule has 2 amide bonds. The quantitative estimate of drug-likeness (QED) is 0.586. The minimum atomic E-state index is -0.428. The molecular weight excluding hydrogens is 450 g/mol. The van der Waals surface area contributed by atoms with Gasteiger partial charge in [-0.25, -0.2) is 4.79 Å². The van der Waals surface area contributed by atoms with Crippen molar-refractivity contribution in [2.45, 2.75) is 70.0 Å². The standard InChI is InChI=1S/C26H31N3O4S/c1-17(18-7-3-2-4-8-18)13-24(30)29-25-22(15-27)21-11-10-19(14-23(21)34-25)33-26(31)28-16-20-9-5-6-12-32-20/h2-4,7-8,17,19-20H,5-6,9-14,16H2,1H3,(H,28,31)(H,29,30). The number of carbonyl (C=O) groups is 2. The minimum absolute atomic E-state index is 0.0607. The predicted octanol–water partition coefficient (Wildman–Crippen LogP) is 4.90. The van der Waals surface area contributed by atoms with E-state index in [0.717, 1.165) is 41.9 Å². The number of nitrogens with zero attached hydrogens (tertiary/aromatic N) is 1. The van der Waals surface area contributed by atoms with Gasteiger partial charge >= 0.3 is 6.09 Å². The van der Waals surface area contributed by atoms with Gasteiger partial charge in [-0.3, -0.25) is 4.79 Å². The molecule has 0 radical (unpaired) electrons. The van der Waals surface area contributed by atoms with Crippen molar-refractivity contribution in [1.29, 1.82) is 5.26 Å². The number of hydrogen-bond donors (Lipinski definition) is 2. The van der Waals surface area contributed by atoms with Crippen LogP contribution in [0.5, 0.6) is 0 Å². The van der Waals surface area contributed by atoms with Gasteiger partial charge in [0.1, 0.15) is 17.2 Å². The van der Waals surface area contributed by atoms with Gasteiger partial charge in [0, 0.05) is 30.9 Å². The molecule has 1 aromatic carbocycles. The average molecular weight is 482 g/mol. The molecule has 2 N–H and O–H groups in total. The Labute approximate surface area is 204 Å². The molecule has 8 heteroatoms. The molecule has 0 bridgehead atoms. The first-order valence-electron chi connectivity index (χ1n) is 12.0. The van der Waals surface area contributed by atoms with E-state index in [1.807, 2.05) is 37.3 Å². The van der Waals surface area contributed by atoms with Crippen molar-refractivity contribution < 1.29 is 19.1 Å². The van der Waals surface area contributed by atoms with Gasteiger partial charge in [-0.1, -0.05) is 37.3 Å². The number of nitrogens with one attached hydrogen (secondary N) is 2. The molecule has 4 rings (SSSR count). The number of carbonyl (C=O) groups excluding carboxylic acids is 2. The summed E-state index contributed by atoms with van der Waals surface area (Å²) in [5.74, 6) is -0.0276. The summed E-state index contributed by atoms with van der Waals surface area (Å²) in [4.78, 5) is 26.0. The number of rotatable bonds is 7. The molecule has 2 heterocycles. The van der Waals surface area contributed by atoms with E-state index in [4.69, 9.17) is 9.47 Å². The molecule has 7 nitrogen and oxygen atoms in total. The molecule has 2 aliphatic rings. The van der Waals surface area contributed by atoms with Crippen molar-refractivity contribution in [2.24, 2.45) is 0 Å². The van der Waals surface area contributed by atoms with Crippen LogP contribution in [0.4, 0.5) is 9.80 Å². The predicted molar refractivity (Wildman–Crippen MR) is 131 cm³/mol. The maximum Gasteiger partial charge on any atom is 0.407 e. The molecule has 3 unspecified atom stereocenters. The summed E-state index contributed by atoms with van der Waals surface area (Å²) in [6, 6.07) is 12.2. The van der Waals surface area contributed by atoms with Gasteiger partial charge in [0.15, 0.2) is 0 Å². The number of ether oxygens (including phenoxy) is 2. The third-order valence-electron chi connectivity index (χ3n) is 6.47. The van der Waals surface area contributed by atoms with E-state index in [0.29, 0.717) is 42.8 Å². The Morgan fingerprint density at radius 2 is 2.09 bits per heavy atom. The number of hydrogen-bond acceptors (Lipinski definition) is 6. The van der Waals surface area contributed by atoms with Crippen molar-refractivity contribution in [1.82, 2.24) is 5.32 Å². The highest BCUT2D eigenvalue weighted by atomic mass is 32.1. The molecular formula is C26H31N3O4S. The van der Waals surface area contributed by atoms with Crippen LogP contribution >= 0.6 is 11.3 Å². The largest absolute Gasteiger partial charge is 0.446 e. The lowest BCUT2D eigenvalue weighted by Crippen LogP contribution is -2.38. The highest BCUT2D eigenvalue weighted by molar-refractivity contribution is 7.16. The number of benzene rings is 1. The van der Waals surface area contributed by atoms with Gasteiger partial charge in [-0.2, -0.15) is 5.26 Å². The number of nitriles is 1. The first kappa shape index (κ1) is 24.2. The van der Waals surface area contributed by atoms with Gasteiger partial charge in [0.2, 0.25) is 5.91 Å². The van der Waals surface area contributed by atoms with E-state index >= 15 is 0 Å². The smallest absolute Gasteiger partial charge is 0.407 e. The summed E-state index contributed by atoms with van der Waals surface area (Å²) in [6.45, 7) is 3.23. The Morgan fingerprint density at radius 3 is 2.82 bits per heavy atom. The minimum Gasteiger partial charge on any atom is -0.446 e. The molecule has 180 valence electrons. The van der Waals surface area contributed by atoms with E-state index in [1.165, 1.54) is 11.3 Å². The maximum atomic E-state index is 12.7. The summed E-state index contributed by atoms with van der Waals surface area (Å²) in [5, 5.41) is 16.1. The van der Waals surface area contributed by atoms with Crippen molar-refractivity contribution in [3.8, 4) is 6.07 Å². The van der Waals surface area contributed by atoms with Crippen molar-refractivity contribution in [2.75, 3.05) is 18.5 Å². The summed E-state index contributed by atoms with van der Waals surface area (Å²) in [7, 11) is 0. The average Bonchev–Trinajstić information content (AvgIpc) is 3.19. The van der Waals surface area contributed by atoms with Crippen molar-refractivity contribution in [3.63, 3.8) is 0 Å². The van der Waals surface area contributed by atoms with E-state index < -0.39 is 6.09 Å². The van der Waals surface area contributed by atoms with Crippen LogP contribution in [0.3, 0.4) is 0 Å². The fraction of sp³-hybridized carbons (Fsp3) is 0.500. The lowest BCUT2D eigenvalue weighted by molar-refractivity contribution is -0.116. The van der Waals surface area contributed by atoms with Gasteiger partial charge in [-0.05, 0) is 49.1 Å². The zero-order valence-electron chi connectivity index (χ0n) is 19.5. The van der Waals surface area contributed by atoms with Crippen molar-refractivity contribution >= 4 is 28.3 Å². The summed E-state index contributed by atoms with van der Waals surface area (Å²) in [5.41, 5.74) is 2.62. The highest BCUT2D eigenvalue weighted by Crippen LogP contribution is 2.38. The number of amides is 2. The van der Waals surface area contributed by atoms with E-state index in [1.54, 1.807) is 0 Å². The Bertz CT molecular complexity index is 1040. The van der Waals surface area contributed by atoms with Gasteiger partial charge < -0.3 is 20.1 Å². The van der Waals surface area contributed by atoms with Crippen LogP contribution in [0.2, 0.25) is 0 Å². The molecule has 0 spiro atoms. The van der Waals surface area contributed by atoms with E-state index in [2.05, 4.69) is 16.7 Å². The number of alkyl carbamates (subject to hydrolysis) is 1. The molecule has 1 aromatic heterocycles. The number of anilines is 1. The SMILES string of the molecule is CC(CC(=O)Nc1sc2c(c1C#N)CCC(OC(=O)NCC1CCCCO1)C2)c1ccccc1. The van der Waals surface area contributed by atoms with Crippen LogP contribution in [-0.4, -0.2) is 37.4 Å². The summed E-state index contributed by atoms with van der Waals surface area (Å²) >= 11 is 1.42. The molecule has 1 aliphatic carbocycles. The molecule has 1 aliphatic heterocycles. The second-order valence-electron chi connectivity index (χ2n) is 9.02. The Balaban J connectivity index is 1.32. The third-order valence-corrected chi connectivity index (χ3v) is 7.64. The molecule has 0 saturated carbocycles. The van der Waals surface area contributed by atoms with Crippen molar-refractivity contribution in [3.05, 3.63) is 51.9 Å². The molecule has 2 aromatic rings. The highest BCUT2D eigenvalue weighted by Gasteiger charge is 2.29. The Kier molecular flexibility index (Phi) is 8.20. The topological polar surface area (TPSA) is 100 Å². The number of thiophene rings is 1. The molecule has 34 heavy (non-hydrogen) atoms. The van der Waals surface area contributed by atoms with Crippen LogP contribution in [0.25, 0.3) is 0 Å². The first-order valence-corrected chi connectivity index (χ1v) is 12.8. The second kappa shape index (κ2) is 11.5. The Hall–Kier alpha value is -2.89. The normalized spacial score (nSPS) is 20.5. The fourth-order valence-corrected chi connectivity index (χ4v) is 5.86. The van der Waals surface area contributed by atoms with E-state index in [9.17, 15) is 14.9 Å². The van der Waals surface area contributed by atoms with Crippen LogP contribution < -0.4 is 10.6 Å². The van der Waals surface area contributed by atoms with E-state index in [-0.39, 0.29) is 24.0 Å². The molecule has 1 fully saturated rings. The Morgan fingerprint density at radius 1 is 1.26 bits per heavy atom. The zero-order chi connectivity index (χ0) is 23.9. The maximum absolute atomic E-state index is 12.7. The monoisotopic (exact) mass is 481 g/mol. The molecule has 1 saturated heterocycles. The van der Waals surface area contributed by atoms with Gasteiger partial charge in [0.25, 0.3) is 0 Å². The zero-order valence-corrected chi connectivity index (χ0v) is 20.3. The first-order chi connectivity index (χ1) is 16.5. The second-order valence-corrected chi connectivity index (χ2v) is 10.1. The lowest BCUT2D eigenvalue weighted by Gasteiger charge is -2.25. The van der Waals surface area contributed by atoms with Crippen LogP contribution in [0.15, 0.2) is 30.3 Å².